The van der Waals surface area contributed by atoms with Crippen LogP contribution in [0, 0.1) is 46.3 Å². The van der Waals surface area contributed by atoms with Crippen molar-refractivity contribution in [1.29, 1.82) is 0 Å². The lowest BCUT2D eigenvalue weighted by atomic mass is 9.43. The third kappa shape index (κ3) is 15.1. The Hall–Kier alpha value is -6.17. The molecular formula is C61H82N4O13. The molecule has 0 bridgehead atoms. The Balaban J connectivity index is 1.02. The molecule has 0 aromatic heterocycles. The van der Waals surface area contributed by atoms with E-state index in [2.05, 4.69) is 36.7 Å². The number of benzene rings is 3. The number of nitrogens with one attached hydrogen (secondary N) is 3. The molecule has 4 aliphatic rings. The van der Waals surface area contributed by atoms with Gasteiger partial charge in [0.1, 0.15) is 31.9 Å². The zero-order chi connectivity index (χ0) is 56.0. The van der Waals surface area contributed by atoms with Gasteiger partial charge >= 0.3 is 23.9 Å². The molecule has 0 spiro atoms. The molecule has 17 nitrogen and oxygen atoms in total. The predicted molar refractivity (Wildman–Crippen MR) is 289 cm³/mol. The number of amides is 3. The van der Waals surface area contributed by atoms with Crippen molar-refractivity contribution in [2.75, 3.05) is 7.11 Å². The van der Waals surface area contributed by atoms with E-state index in [0.717, 1.165) is 36.0 Å². The number of fused-ring (bicyclic) bond motifs is 5. The number of carbonyl (C=O) groups excluding carboxylic acids is 7. The number of aliphatic hydroxyl groups is 2. The average Bonchev–Trinajstić information content (AvgIpc) is 4.03. The maximum absolute atomic E-state index is 14.6. The standard InChI is InChI=1S/C61H82N4O13/c1-38(20-26-52(68)75-4)44-21-22-45-56-46(34-51(67)61(44,45)3)60(2)31-30-43(32-42(60)33-50(56)66)63-58(73)48(24-28-54(70)77-36-40-16-10-6-11-17-40)65-59(74)49(25-29-55(71)78-37-41-18-12-7-13-19-41)64-57(72)47(62)23-27-53(69)76-35-39-14-8-5-9-15-39/h5-19,38,42-51,56,66-67H,20-37,62H2,1-4H3,(H,63,73)(H,64,72)(H,65,74)/t38-,42+,43+,44-,45+,46+,47+,48+,49+,50-,51+,56+,60+,61-/m1/s1. The fourth-order valence-corrected chi connectivity index (χ4v) is 13.7. The minimum absolute atomic E-state index is 0.0000202. The molecule has 0 aliphatic heterocycles. The van der Waals surface area contributed by atoms with Crippen LogP contribution in [-0.2, 0) is 72.3 Å². The Kier molecular flexibility index (Phi) is 21.1. The van der Waals surface area contributed by atoms with Gasteiger partial charge in [-0.25, -0.2) is 0 Å². The molecule has 3 aromatic rings. The molecule has 4 saturated carbocycles. The lowest BCUT2D eigenvalue weighted by Crippen LogP contribution is -2.63. The first kappa shape index (κ1) is 59.5. The van der Waals surface area contributed by atoms with Gasteiger partial charge < -0.3 is 50.8 Å². The second-order valence-electron chi connectivity index (χ2n) is 23.0. The van der Waals surface area contributed by atoms with Crippen LogP contribution in [0.3, 0.4) is 0 Å². The number of hydrogen-bond donors (Lipinski definition) is 6. The van der Waals surface area contributed by atoms with Crippen molar-refractivity contribution < 1.29 is 62.7 Å². The lowest BCUT2D eigenvalue weighted by Gasteiger charge is -2.63. The van der Waals surface area contributed by atoms with E-state index in [0.29, 0.717) is 38.5 Å². The zero-order valence-electron chi connectivity index (χ0n) is 45.8. The first-order valence-electron chi connectivity index (χ1n) is 28.1. The van der Waals surface area contributed by atoms with Crippen LogP contribution in [0.15, 0.2) is 91.0 Å². The van der Waals surface area contributed by atoms with Gasteiger partial charge in [0.05, 0.1) is 25.4 Å². The summed E-state index contributed by atoms with van der Waals surface area (Å²) in [4.78, 5) is 93.7. The highest BCUT2D eigenvalue weighted by atomic mass is 16.5. The molecule has 4 aliphatic carbocycles. The largest absolute Gasteiger partial charge is 0.469 e. The second-order valence-corrected chi connectivity index (χ2v) is 23.0. The third-order valence-corrected chi connectivity index (χ3v) is 18.2. The minimum atomic E-state index is -1.39. The number of aliphatic hydroxyl groups excluding tert-OH is 2. The Labute approximate surface area is 458 Å². The van der Waals surface area contributed by atoms with Crippen molar-refractivity contribution in [3.8, 4) is 0 Å². The smallest absolute Gasteiger partial charge is 0.306 e. The lowest BCUT2D eigenvalue weighted by molar-refractivity contribution is -0.202. The average molecular weight is 1080 g/mol. The van der Waals surface area contributed by atoms with Crippen molar-refractivity contribution in [2.24, 2.45) is 52.1 Å². The van der Waals surface area contributed by atoms with Gasteiger partial charge in [-0.1, -0.05) is 112 Å². The maximum Gasteiger partial charge on any atom is 0.306 e. The first-order chi connectivity index (χ1) is 37.4. The maximum atomic E-state index is 14.6. The van der Waals surface area contributed by atoms with Crippen molar-refractivity contribution in [2.45, 2.75) is 173 Å². The molecule has 0 saturated heterocycles. The number of ether oxygens (including phenoxy) is 4. The van der Waals surface area contributed by atoms with Crippen molar-refractivity contribution >= 4 is 41.6 Å². The highest BCUT2D eigenvalue weighted by Crippen LogP contribution is 2.68. The topological polar surface area (TPSA) is 259 Å². The molecule has 0 radical (unpaired) electrons. The fraction of sp³-hybridized carbons (Fsp3) is 0.590. The minimum Gasteiger partial charge on any atom is -0.469 e. The Morgan fingerprint density at radius 1 is 0.603 bits per heavy atom. The normalized spacial score (nSPS) is 27.6. The summed E-state index contributed by atoms with van der Waals surface area (Å²) >= 11 is 0. The van der Waals surface area contributed by atoms with Gasteiger partial charge in [0, 0.05) is 31.7 Å². The molecule has 78 heavy (non-hydrogen) atoms. The van der Waals surface area contributed by atoms with Crippen LogP contribution in [0.25, 0.3) is 0 Å². The monoisotopic (exact) mass is 1080 g/mol. The molecule has 424 valence electrons. The van der Waals surface area contributed by atoms with Gasteiger partial charge in [-0.05, 0) is 134 Å². The fourth-order valence-electron chi connectivity index (χ4n) is 13.7. The van der Waals surface area contributed by atoms with Crippen molar-refractivity contribution in [3.05, 3.63) is 108 Å². The van der Waals surface area contributed by atoms with E-state index in [1.54, 1.807) is 12.1 Å². The van der Waals surface area contributed by atoms with E-state index in [4.69, 9.17) is 24.7 Å². The van der Waals surface area contributed by atoms with Gasteiger partial charge in [-0.2, -0.15) is 0 Å². The van der Waals surface area contributed by atoms with Gasteiger partial charge in [0.25, 0.3) is 0 Å². The summed E-state index contributed by atoms with van der Waals surface area (Å²) < 4.78 is 21.3. The zero-order valence-corrected chi connectivity index (χ0v) is 45.8. The van der Waals surface area contributed by atoms with E-state index < -0.39 is 71.4 Å². The summed E-state index contributed by atoms with van der Waals surface area (Å²) in [6.07, 6.45) is 3.37. The number of methoxy groups -OCH3 is 1. The number of carbonyl (C=O) groups is 7. The van der Waals surface area contributed by atoms with E-state index in [1.807, 2.05) is 78.9 Å². The van der Waals surface area contributed by atoms with Gasteiger partial charge in [-0.15, -0.1) is 0 Å². The summed E-state index contributed by atoms with van der Waals surface area (Å²) in [7, 11) is 1.40. The van der Waals surface area contributed by atoms with Crippen molar-refractivity contribution in [3.63, 3.8) is 0 Å². The molecule has 0 heterocycles. The summed E-state index contributed by atoms with van der Waals surface area (Å²) in [5.41, 5.74) is 7.95. The predicted octanol–water partition coefficient (Wildman–Crippen LogP) is 6.53. The highest BCUT2D eigenvalue weighted by Gasteiger charge is 2.66. The summed E-state index contributed by atoms with van der Waals surface area (Å²) in [6.45, 7) is 6.67. The SMILES string of the molecule is COC(=O)CC[C@@H](C)[C@H]1CC[C@H]2[C@@H]3[C@H](O)C[C@@H]4C[C@@H](NC(=O)[C@H](CCC(=O)OCc5ccccc5)NC(=O)[C@H](CCC(=O)OCc5ccccc5)NC(=O)[C@@H](N)CCC(=O)OCc5ccccc5)CC[C@]4(C)[C@H]3C[C@H](O)[C@]12C. The molecule has 17 heteroatoms. The van der Waals surface area contributed by atoms with Crippen LogP contribution >= 0.6 is 0 Å². The Morgan fingerprint density at radius 3 is 1.62 bits per heavy atom. The molecule has 3 amide bonds. The Bertz CT molecular complexity index is 2500. The number of rotatable bonds is 25. The van der Waals surface area contributed by atoms with Gasteiger partial charge in [-0.3, -0.25) is 33.6 Å². The molecule has 0 unspecified atom stereocenters. The summed E-state index contributed by atoms with van der Waals surface area (Å²) in [5, 5.41) is 32.9. The molecule has 4 fully saturated rings. The van der Waals surface area contributed by atoms with E-state index >= 15 is 0 Å². The van der Waals surface area contributed by atoms with Gasteiger partial charge in [0.2, 0.25) is 17.7 Å². The number of nitrogens with two attached hydrogens (primary N) is 1. The highest BCUT2D eigenvalue weighted by molar-refractivity contribution is 5.93. The summed E-state index contributed by atoms with van der Waals surface area (Å²) in [5.74, 6) is -3.61. The second kappa shape index (κ2) is 27.6. The first-order valence-corrected chi connectivity index (χ1v) is 28.1. The van der Waals surface area contributed by atoms with Crippen LogP contribution in [0.4, 0.5) is 0 Å². The molecule has 7 rings (SSSR count). The van der Waals surface area contributed by atoms with E-state index in [1.165, 1.54) is 7.11 Å². The van der Waals surface area contributed by atoms with Crippen LogP contribution in [0.2, 0.25) is 0 Å². The number of esters is 4. The van der Waals surface area contributed by atoms with E-state index in [9.17, 15) is 43.8 Å². The molecule has 7 N–H and O–H groups in total. The third-order valence-electron chi connectivity index (χ3n) is 18.2. The van der Waals surface area contributed by atoms with Crippen LogP contribution < -0.4 is 21.7 Å². The van der Waals surface area contributed by atoms with Crippen LogP contribution in [-0.4, -0.2) is 95.3 Å². The van der Waals surface area contributed by atoms with Crippen LogP contribution in [0.5, 0.6) is 0 Å². The van der Waals surface area contributed by atoms with Crippen LogP contribution in [0.1, 0.15) is 134 Å². The number of hydrogen-bond acceptors (Lipinski definition) is 14. The molecule has 14 atom stereocenters. The Morgan fingerprint density at radius 2 is 1.09 bits per heavy atom. The molecule has 3 aromatic carbocycles. The molecular weight excluding hydrogens is 997 g/mol. The van der Waals surface area contributed by atoms with Crippen molar-refractivity contribution in [1.82, 2.24) is 16.0 Å². The van der Waals surface area contributed by atoms with E-state index in [-0.39, 0.29) is 111 Å². The summed E-state index contributed by atoms with van der Waals surface area (Å²) in [6, 6.07) is 23.0. The van der Waals surface area contributed by atoms with Gasteiger partial charge in [0.15, 0.2) is 0 Å². The quantitative estimate of drug-likeness (QED) is 0.0390.